The molecule has 2 aromatic heterocycles. The normalized spacial score (nSPS) is 28.9. The maximum atomic E-state index is 13.8. The number of ether oxygens (including phenoxy) is 1. The fourth-order valence-electron chi connectivity index (χ4n) is 2.46. The van der Waals surface area contributed by atoms with Crippen LogP contribution in [0.1, 0.15) is 11.8 Å². The molecule has 1 saturated heterocycles. The predicted octanol–water partition coefficient (Wildman–Crippen LogP) is -0.696. The van der Waals surface area contributed by atoms with Crippen LogP contribution in [0.3, 0.4) is 0 Å². The second kappa shape index (κ2) is 4.92. The number of alkyl halides is 1. The Bertz CT molecular complexity index is 779. The number of aromatic nitrogens is 3. The molecule has 0 aliphatic carbocycles. The van der Waals surface area contributed by atoms with Crippen molar-refractivity contribution in [2.45, 2.75) is 24.6 Å². The van der Waals surface area contributed by atoms with Gasteiger partial charge in [-0.3, -0.25) is 9.98 Å². The lowest BCUT2D eigenvalue weighted by Crippen LogP contribution is -2.30. The van der Waals surface area contributed by atoms with Gasteiger partial charge in [0, 0.05) is 6.20 Å². The van der Waals surface area contributed by atoms with Crippen LogP contribution in [0.4, 0.5) is 4.39 Å². The van der Waals surface area contributed by atoms with Gasteiger partial charge in [0.05, 0.1) is 17.6 Å². The highest BCUT2D eigenvalue weighted by molar-refractivity contribution is 5.81. The summed E-state index contributed by atoms with van der Waals surface area (Å²) in [6, 6.07) is 1.93. The maximum Gasteiger partial charge on any atom is 0.166 e. The van der Waals surface area contributed by atoms with Gasteiger partial charge in [-0.05, 0) is 0 Å². The topological polar surface area (TPSA) is 131 Å². The Labute approximate surface area is 117 Å². The van der Waals surface area contributed by atoms with Crippen molar-refractivity contribution in [3.05, 3.63) is 23.6 Å². The number of halogens is 1. The van der Waals surface area contributed by atoms with E-state index >= 15 is 0 Å². The van der Waals surface area contributed by atoms with Gasteiger partial charge in [-0.2, -0.15) is 5.26 Å². The lowest BCUT2D eigenvalue weighted by molar-refractivity contribution is -0.0500. The van der Waals surface area contributed by atoms with Crippen LogP contribution >= 0.6 is 0 Å². The summed E-state index contributed by atoms with van der Waals surface area (Å²) >= 11 is 0. The Morgan fingerprint density at radius 1 is 1.62 bits per heavy atom. The highest BCUT2D eigenvalue weighted by Crippen LogP contribution is 2.32. The van der Waals surface area contributed by atoms with Crippen LogP contribution < -0.4 is 5.49 Å². The first-order chi connectivity index (χ1) is 10.1. The summed E-state index contributed by atoms with van der Waals surface area (Å²) in [6.45, 7) is -0.559. The van der Waals surface area contributed by atoms with Gasteiger partial charge in [0.25, 0.3) is 0 Å². The summed E-state index contributed by atoms with van der Waals surface area (Å²) in [5, 5.41) is 36.0. The van der Waals surface area contributed by atoms with Crippen molar-refractivity contribution < 1.29 is 19.3 Å². The third-order valence-corrected chi connectivity index (χ3v) is 3.53. The van der Waals surface area contributed by atoms with Crippen LogP contribution in [-0.4, -0.2) is 49.7 Å². The summed E-state index contributed by atoms with van der Waals surface area (Å²) in [6.07, 6.45) is -2.82. The Morgan fingerprint density at radius 2 is 2.38 bits per heavy atom. The van der Waals surface area contributed by atoms with Crippen LogP contribution in [0, 0.1) is 16.7 Å². The smallest absolute Gasteiger partial charge is 0.166 e. The predicted molar refractivity (Wildman–Crippen MR) is 66.6 cm³/mol. The second-order valence-electron chi connectivity index (χ2n) is 4.72. The summed E-state index contributed by atoms with van der Waals surface area (Å²) in [5.41, 5.74) is 0.434. The molecule has 3 rings (SSSR count). The van der Waals surface area contributed by atoms with E-state index in [1.54, 1.807) is 0 Å². The number of hydrogen-bond acceptors (Lipinski definition) is 6. The molecular weight excluding hydrogens is 281 g/mol. The molecule has 1 aliphatic heterocycles. The van der Waals surface area contributed by atoms with Crippen molar-refractivity contribution in [2.75, 3.05) is 6.61 Å². The van der Waals surface area contributed by atoms with E-state index in [4.69, 9.17) is 20.5 Å². The number of aromatic amines is 1. The number of aliphatic hydroxyl groups is 2. The molecule has 0 amide bonds. The summed E-state index contributed by atoms with van der Waals surface area (Å²) in [4.78, 5) is 6.62. The molecule has 9 heteroatoms. The van der Waals surface area contributed by atoms with E-state index in [-0.39, 0.29) is 16.4 Å². The third kappa shape index (κ3) is 1.92. The Kier molecular flexibility index (Phi) is 3.21. The number of H-pyrrole nitrogens is 1. The van der Waals surface area contributed by atoms with E-state index in [9.17, 15) is 9.50 Å². The van der Waals surface area contributed by atoms with Gasteiger partial charge < -0.3 is 19.9 Å². The van der Waals surface area contributed by atoms with E-state index in [2.05, 4.69) is 9.97 Å². The Balaban J connectivity index is 2.15. The number of hydrogen-bond donors (Lipinski definition) is 4. The Hall–Kier alpha value is -2.28. The largest absolute Gasteiger partial charge is 0.394 e. The first-order valence-corrected chi connectivity index (χ1v) is 6.20. The minimum absolute atomic E-state index is 0.109. The number of fused-ring (bicyclic) bond motifs is 1. The summed E-state index contributed by atoms with van der Waals surface area (Å²) in [7, 11) is 0. The first-order valence-electron chi connectivity index (χ1n) is 6.20. The van der Waals surface area contributed by atoms with Crippen LogP contribution in [0.25, 0.3) is 11.0 Å². The molecule has 3 heterocycles. The van der Waals surface area contributed by atoms with Crippen molar-refractivity contribution in [1.29, 1.82) is 10.7 Å². The first kappa shape index (κ1) is 13.7. The Morgan fingerprint density at radius 3 is 3.00 bits per heavy atom. The van der Waals surface area contributed by atoms with Gasteiger partial charge >= 0.3 is 0 Å². The molecule has 21 heavy (non-hydrogen) atoms. The molecule has 2 aromatic rings. The third-order valence-electron chi connectivity index (χ3n) is 3.53. The van der Waals surface area contributed by atoms with Crippen molar-refractivity contribution in [3.63, 3.8) is 0 Å². The van der Waals surface area contributed by atoms with Crippen LogP contribution in [0.2, 0.25) is 0 Å². The molecule has 4 N–H and O–H groups in total. The van der Waals surface area contributed by atoms with E-state index < -0.39 is 31.2 Å². The zero-order chi connectivity index (χ0) is 15.1. The SMILES string of the molecule is N#Cc1c[nH]c2c1c(=N)ncn2[C@@H]1O[C@H](CO)[C@@H](F)[C@H]1O. The van der Waals surface area contributed by atoms with Crippen LogP contribution in [0.5, 0.6) is 0 Å². The average molecular weight is 293 g/mol. The highest BCUT2D eigenvalue weighted by Gasteiger charge is 2.45. The molecule has 0 unspecified atom stereocenters. The molecule has 8 nitrogen and oxygen atoms in total. The molecule has 0 bridgehead atoms. The molecule has 0 aromatic carbocycles. The van der Waals surface area contributed by atoms with Gasteiger partial charge in [0.1, 0.15) is 30.3 Å². The van der Waals surface area contributed by atoms with Gasteiger partial charge in [0.15, 0.2) is 17.9 Å². The number of aliphatic hydroxyl groups excluding tert-OH is 2. The van der Waals surface area contributed by atoms with Crippen molar-refractivity contribution >= 4 is 11.0 Å². The van der Waals surface area contributed by atoms with Crippen molar-refractivity contribution in [1.82, 2.24) is 14.5 Å². The molecule has 110 valence electrons. The quantitative estimate of drug-likeness (QED) is 0.581. The maximum absolute atomic E-state index is 13.8. The average Bonchev–Trinajstić information content (AvgIpc) is 3.04. The highest BCUT2D eigenvalue weighted by atomic mass is 19.1. The standard InChI is InChI=1S/C12H12FN5O3/c13-8-6(3-19)21-12(9(8)20)18-4-17-10(15)7-5(1-14)2-16-11(7)18/h2,4,6,8-9,12,15-16,19-20H,3H2/t6-,8-,9-,12-/m1/s1. The van der Waals surface area contributed by atoms with Crippen molar-refractivity contribution in [3.8, 4) is 6.07 Å². The van der Waals surface area contributed by atoms with Gasteiger partial charge in [-0.1, -0.05) is 0 Å². The monoisotopic (exact) mass is 293 g/mol. The molecule has 4 atom stereocenters. The minimum atomic E-state index is -1.73. The zero-order valence-electron chi connectivity index (χ0n) is 10.7. The molecule has 1 aliphatic rings. The molecule has 0 saturated carbocycles. The van der Waals surface area contributed by atoms with E-state index in [0.29, 0.717) is 5.65 Å². The lowest BCUT2D eigenvalue weighted by Gasteiger charge is -2.18. The molecule has 0 spiro atoms. The molecule has 0 radical (unpaired) electrons. The second-order valence-corrected chi connectivity index (χ2v) is 4.72. The lowest BCUT2D eigenvalue weighted by atomic mass is 10.1. The van der Waals surface area contributed by atoms with E-state index in [0.717, 1.165) is 0 Å². The number of nitriles is 1. The number of rotatable bonds is 2. The van der Waals surface area contributed by atoms with Crippen LogP contribution in [-0.2, 0) is 4.74 Å². The molecular formula is C12H12FN5O3. The van der Waals surface area contributed by atoms with Gasteiger partial charge in [-0.25, -0.2) is 9.37 Å². The zero-order valence-corrected chi connectivity index (χ0v) is 10.7. The van der Waals surface area contributed by atoms with E-state index in [1.807, 2.05) is 6.07 Å². The van der Waals surface area contributed by atoms with Crippen LogP contribution in [0.15, 0.2) is 12.5 Å². The van der Waals surface area contributed by atoms with E-state index in [1.165, 1.54) is 17.1 Å². The summed E-state index contributed by atoms with van der Waals surface area (Å²) in [5.74, 6) is 0. The minimum Gasteiger partial charge on any atom is -0.394 e. The fraction of sp³-hybridized carbons (Fsp3) is 0.417. The fourth-order valence-corrected chi connectivity index (χ4v) is 2.46. The molecule has 1 fully saturated rings. The number of nitrogens with one attached hydrogen (secondary N) is 2. The number of nitrogens with zero attached hydrogens (tertiary/aromatic N) is 3. The van der Waals surface area contributed by atoms with Crippen molar-refractivity contribution in [2.24, 2.45) is 0 Å². The summed E-state index contributed by atoms with van der Waals surface area (Å²) < 4.78 is 20.4. The van der Waals surface area contributed by atoms with Gasteiger partial charge in [0.2, 0.25) is 0 Å². The van der Waals surface area contributed by atoms with Gasteiger partial charge in [-0.15, -0.1) is 0 Å².